The highest BCUT2D eigenvalue weighted by Crippen LogP contribution is 2.32. The topological polar surface area (TPSA) is 87.0 Å². The molecule has 1 fully saturated rings. The van der Waals surface area contributed by atoms with Gasteiger partial charge < -0.3 is 19.6 Å². The number of hydrogen-bond donors (Lipinski definition) is 2. The summed E-state index contributed by atoms with van der Waals surface area (Å²) in [4.78, 5) is 27.5. The van der Waals surface area contributed by atoms with E-state index in [1.54, 1.807) is 0 Å². The number of para-hydroxylation sites is 2. The van der Waals surface area contributed by atoms with Gasteiger partial charge in [0.2, 0.25) is 0 Å². The Morgan fingerprint density at radius 2 is 2.09 bits per heavy atom. The smallest absolute Gasteiger partial charge is 0.289 e. The molecule has 2 aromatic heterocycles. The fourth-order valence-electron chi connectivity index (χ4n) is 5.15. The molecule has 2 heterocycles. The van der Waals surface area contributed by atoms with E-state index >= 15 is 0 Å². The number of aryl methyl sites for hydroxylation is 1. The van der Waals surface area contributed by atoms with Crippen molar-refractivity contribution in [2.75, 3.05) is 6.54 Å². The lowest BCUT2D eigenvalue weighted by atomic mass is 9.79. The molecule has 5 rings (SSSR count). The van der Waals surface area contributed by atoms with Crippen LogP contribution in [0.2, 0.25) is 0 Å². The maximum Gasteiger partial charge on any atom is 0.289 e. The molecule has 1 unspecified atom stereocenters. The fourth-order valence-corrected chi connectivity index (χ4v) is 5.15. The summed E-state index contributed by atoms with van der Waals surface area (Å²) in [5.74, 6) is 1.09. The minimum Gasteiger partial charge on any atom is -0.441 e. The third-order valence-electron chi connectivity index (χ3n) is 6.87. The summed E-state index contributed by atoms with van der Waals surface area (Å²) in [5, 5.41) is 3.77. The van der Waals surface area contributed by atoms with Gasteiger partial charge in [0, 0.05) is 31.6 Å². The quantitative estimate of drug-likeness (QED) is 0.438. The normalized spacial score (nSPS) is 21.0. The van der Waals surface area contributed by atoms with Crippen molar-refractivity contribution in [2.24, 2.45) is 0 Å². The summed E-state index contributed by atoms with van der Waals surface area (Å²) in [7, 11) is 0. The first kappa shape index (κ1) is 21.6. The molecule has 0 bridgehead atoms. The second-order valence-electron chi connectivity index (χ2n) is 9.39. The summed E-state index contributed by atoms with van der Waals surface area (Å²) in [6.07, 6.45) is 4.10. The number of nitrogens with one attached hydrogen (secondary N) is 2. The Morgan fingerprint density at radius 1 is 1.24 bits per heavy atom. The zero-order valence-corrected chi connectivity index (χ0v) is 19.5. The van der Waals surface area contributed by atoms with Gasteiger partial charge in [-0.15, -0.1) is 0 Å². The number of hydrogen-bond acceptors (Lipinski definition) is 5. The monoisotopic (exact) mass is 445 g/mol. The van der Waals surface area contributed by atoms with Gasteiger partial charge >= 0.3 is 0 Å². The van der Waals surface area contributed by atoms with Crippen LogP contribution in [0.25, 0.3) is 22.1 Å². The highest BCUT2D eigenvalue weighted by atomic mass is 16.3. The van der Waals surface area contributed by atoms with Gasteiger partial charge in [-0.1, -0.05) is 18.2 Å². The largest absolute Gasteiger partial charge is 0.441 e. The van der Waals surface area contributed by atoms with Gasteiger partial charge in [0.15, 0.2) is 17.3 Å². The first-order valence-corrected chi connectivity index (χ1v) is 11.8. The van der Waals surface area contributed by atoms with Gasteiger partial charge in [-0.2, -0.15) is 0 Å². The van der Waals surface area contributed by atoms with E-state index in [2.05, 4.69) is 46.2 Å². The van der Waals surface area contributed by atoms with Crippen LogP contribution in [-0.4, -0.2) is 43.9 Å². The van der Waals surface area contributed by atoms with Gasteiger partial charge in [0.1, 0.15) is 5.52 Å². The lowest BCUT2D eigenvalue weighted by Crippen LogP contribution is -2.52. The molecule has 1 aliphatic carbocycles. The molecule has 33 heavy (non-hydrogen) atoms. The number of oxazole rings is 1. The molecule has 4 aromatic rings. The first-order chi connectivity index (χ1) is 15.9. The molecule has 1 aliphatic rings. The summed E-state index contributed by atoms with van der Waals surface area (Å²) in [6, 6.07) is 14.1. The van der Waals surface area contributed by atoms with Gasteiger partial charge in [-0.05, 0) is 69.4 Å². The van der Waals surface area contributed by atoms with Crippen molar-refractivity contribution in [1.29, 1.82) is 0 Å². The number of carbonyl (C=O) groups excluding carboxylic acids is 1. The van der Waals surface area contributed by atoms with Crippen LogP contribution in [0.3, 0.4) is 0 Å². The van der Waals surface area contributed by atoms with Crippen molar-refractivity contribution in [3.8, 4) is 0 Å². The minimum absolute atomic E-state index is 0.0194. The van der Waals surface area contributed by atoms with Gasteiger partial charge in [-0.3, -0.25) is 4.79 Å². The predicted octanol–water partition coefficient (Wildman–Crippen LogP) is 4.97. The first-order valence-electron chi connectivity index (χ1n) is 11.8. The molecule has 1 saturated carbocycles. The number of aromatic amines is 1. The second-order valence-corrected chi connectivity index (χ2v) is 9.39. The zero-order chi connectivity index (χ0) is 23.0. The number of amides is 1. The Kier molecular flexibility index (Phi) is 5.66. The molecule has 0 radical (unpaired) electrons. The van der Waals surface area contributed by atoms with E-state index in [-0.39, 0.29) is 17.5 Å². The van der Waals surface area contributed by atoms with E-state index in [1.165, 1.54) is 5.56 Å². The molecule has 0 spiro atoms. The number of benzene rings is 2. The Bertz CT molecular complexity index is 1260. The molecular weight excluding hydrogens is 414 g/mol. The Morgan fingerprint density at radius 3 is 2.91 bits per heavy atom. The van der Waals surface area contributed by atoms with Crippen molar-refractivity contribution in [3.05, 3.63) is 59.7 Å². The Hall–Kier alpha value is -3.19. The van der Waals surface area contributed by atoms with Crippen LogP contribution in [0.15, 0.2) is 46.9 Å². The SMILES string of the molecule is CCN(C(=O)c1nc2ccccc2[nH]1)[C@H]1CCCC(C)(NCc2ccc3nc(C)oc3c2)C1. The molecule has 1 amide bonds. The highest BCUT2D eigenvalue weighted by Gasteiger charge is 2.36. The number of aromatic nitrogens is 3. The van der Waals surface area contributed by atoms with Gasteiger partial charge in [-0.25, -0.2) is 9.97 Å². The van der Waals surface area contributed by atoms with E-state index in [9.17, 15) is 4.79 Å². The lowest BCUT2D eigenvalue weighted by molar-refractivity contribution is 0.0564. The molecule has 2 atom stereocenters. The minimum atomic E-state index is -0.0449. The van der Waals surface area contributed by atoms with Crippen LogP contribution in [0, 0.1) is 6.92 Å². The van der Waals surface area contributed by atoms with Crippen LogP contribution in [0.4, 0.5) is 0 Å². The summed E-state index contributed by atoms with van der Waals surface area (Å²) >= 11 is 0. The molecule has 7 heteroatoms. The average molecular weight is 446 g/mol. The maximum absolute atomic E-state index is 13.4. The molecule has 2 N–H and O–H groups in total. The molecule has 0 saturated heterocycles. The van der Waals surface area contributed by atoms with Gasteiger partial charge in [0.05, 0.1) is 11.0 Å². The zero-order valence-electron chi connectivity index (χ0n) is 19.5. The van der Waals surface area contributed by atoms with Crippen LogP contribution >= 0.6 is 0 Å². The lowest BCUT2D eigenvalue weighted by Gasteiger charge is -2.43. The van der Waals surface area contributed by atoms with Crippen molar-refractivity contribution in [3.63, 3.8) is 0 Å². The number of H-pyrrole nitrogens is 1. The maximum atomic E-state index is 13.4. The summed E-state index contributed by atoms with van der Waals surface area (Å²) in [6.45, 7) is 7.61. The van der Waals surface area contributed by atoms with Crippen LogP contribution in [-0.2, 0) is 6.54 Å². The molecule has 172 valence electrons. The van der Waals surface area contributed by atoms with E-state index in [0.29, 0.717) is 18.3 Å². The van der Waals surface area contributed by atoms with Gasteiger partial charge in [0.25, 0.3) is 5.91 Å². The third-order valence-corrected chi connectivity index (χ3v) is 6.87. The van der Waals surface area contributed by atoms with Crippen molar-refractivity contribution in [2.45, 2.75) is 64.6 Å². The van der Waals surface area contributed by atoms with Crippen molar-refractivity contribution >= 4 is 28.0 Å². The van der Waals surface area contributed by atoms with Crippen LogP contribution in [0.5, 0.6) is 0 Å². The number of nitrogens with zero attached hydrogens (tertiary/aromatic N) is 3. The number of fused-ring (bicyclic) bond motifs is 2. The number of carbonyl (C=O) groups is 1. The summed E-state index contributed by atoms with van der Waals surface area (Å²) < 4.78 is 5.69. The third kappa shape index (κ3) is 4.37. The van der Waals surface area contributed by atoms with Crippen LogP contribution in [0.1, 0.15) is 61.6 Å². The van der Waals surface area contributed by atoms with E-state index in [4.69, 9.17) is 4.42 Å². The Balaban J connectivity index is 1.28. The number of imidazole rings is 1. The molecule has 7 nitrogen and oxygen atoms in total. The predicted molar refractivity (Wildman–Crippen MR) is 129 cm³/mol. The number of rotatable bonds is 6. The fraction of sp³-hybridized carbons (Fsp3) is 0.423. The molecule has 0 aliphatic heterocycles. The standard InChI is InChI=1S/C26H31N5O2/c1-4-31(25(32)24-29-20-9-5-6-10-21(20)30-24)19-8-7-13-26(3,15-19)27-16-18-11-12-22-23(14-18)33-17(2)28-22/h5-6,9-12,14,19,27H,4,7-8,13,15-16H2,1-3H3,(H,29,30)/t19-,26?/m0/s1. The molecule has 2 aromatic carbocycles. The van der Waals surface area contributed by atoms with Crippen molar-refractivity contribution < 1.29 is 9.21 Å². The van der Waals surface area contributed by atoms with E-state index in [1.807, 2.05) is 42.2 Å². The van der Waals surface area contributed by atoms with E-state index in [0.717, 1.165) is 54.4 Å². The van der Waals surface area contributed by atoms with Crippen molar-refractivity contribution in [1.82, 2.24) is 25.2 Å². The Labute approximate surface area is 193 Å². The highest BCUT2D eigenvalue weighted by molar-refractivity contribution is 5.94. The second kappa shape index (κ2) is 8.63. The van der Waals surface area contributed by atoms with Crippen LogP contribution < -0.4 is 5.32 Å². The van der Waals surface area contributed by atoms with E-state index < -0.39 is 0 Å². The summed E-state index contributed by atoms with van der Waals surface area (Å²) in [5.41, 5.74) is 4.57. The average Bonchev–Trinajstić information content (AvgIpc) is 3.40. The molecular formula is C26H31N5O2.